The summed E-state index contributed by atoms with van der Waals surface area (Å²) in [4.78, 5) is 11.4. The number of aryl methyl sites for hydroxylation is 2. The van der Waals surface area contributed by atoms with Crippen LogP contribution in [-0.4, -0.2) is 72.1 Å². The average Bonchev–Trinajstić information content (AvgIpc) is 3.43. The van der Waals surface area contributed by atoms with Gasteiger partial charge < -0.3 is 34.3 Å². The zero-order valence-corrected chi connectivity index (χ0v) is 32.0. The Labute approximate surface area is 295 Å². The van der Waals surface area contributed by atoms with Gasteiger partial charge in [0, 0.05) is 34.7 Å². The Kier molecular flexibility index (Phi) is 13.3. The maximum Gasteiger partial charge on any atom is 0.305 e. The second kappa shape index (κ2) is 15.9. The highest BCUT2D eigenvalue weighted by atomic mass is 16.5. The van der Waals surface area contributed by atoms with Crippen molar-refractivity contribution in [1.82, 2.24) is 0 Å². The van der Waals surface area contributed by atoms with E-state index in [1.807, 2.05) is 105 Å². The molecule has 4 unspecified atom stereocenters. The van der Waals surface area contributed by atoms with E-state index in [0.29, 0.717) is 39.5 Å². The van der Waals surface area contributed by atoms with Gasteiger partial charge in [0.05, 0.1) is 33.0 Å². The minimum Gasteiger partial charge on any atom is -0.466 e. The van der Waals surface area contributed by atoms with Crippen LogP contribution in [0.25, 0.3) is 0 Å². The van der Waals surface area contributed by atoms with E-state index < -0.39 is 45.1 Å². The van der Waals surface area contributed by atoms with Crippen molar-refractivity contribution in [2.45, 2.75) is 119 Å². The number of hydrogen-bond donors (Lipinski definition) is 3. The van der Waals surface area contributed by atoms with Gasteiger partial charge in [-0.15, -0.1) is 0 Å². The first-order valence-corrected chi connectivity index (χ1v) is 17.9. The van der Waals surface area contributed by atoms with Crippen molar-refractivity contribution in [3.8, 4) is 0 Å². The molecule has 4 rings (SSSR count). The normalized spacial score (nSPS) is 26.2. The predicted octanol–water partition coefficient (Wildman–Crippen LogP) is 7.44. The molecule has 4 atom stereocenters. The van der Waals surface area contributed by atoms with E-state index in [0.717, 1.165) is 35.1 Å². The molecule has 2 saturated heterocycles. The smallest absolute Gasteiger partial charge is 0.305 e. The number of carbonyl (C=O) groups is 1. The van der Waals surface area contributed by atoms with Gasteiger partial charge in [0.15, 0.2) is 0 Å². The van der Waals surface area contributed by atoms with Gasteiger partial charge in [-0.2, -0.15) is 0 Å². The molecular weight excluding hydrogens is 620 g/mol. The van der Waals surface area contributed by atoms with E-state index in [-0.39, 0.29) is 12.6 Å². The molecule has 0 saturated carbocycles. The van der Waals surface area contributed by atoms with Gasteiger partial charge in [0.25, 0.3) is 0 Å². The molecule has 0 aliphatic carbocycles. The van der Waals surface area contributed by atoms with Gasteiger partial charge in [-0.25, -0.2) is 0 Å². The summed E-state index contributed by atoms with van der Waals surface area (Å²) >= 11 is 0. The minimum atomic E-state index is -1.12. The molecule has 49 heavy (non-hydrogen) atoms. The fraction of sp³-hybridized carbons (Fsp3) is 0.683. The molecule has 0 amide bonds. The SMILES string of the molecule is CCOC(=O)CCCCOCC(C)(C)C1(O)C(c2cccc(C)c2)OCC1(C)C.Cc1cccc(C2OCC(C)(C)C2(O)C(C)(C)CO)c1. The van der Waals surface area contributed by atoms with Crippen LogP contribution in [0.5, 0.6) is 0 Å². The van der Waals surface area contributed by atoms with Crippen LogP contribution in [0.4, 0.5) is 0 Å². The van der Waals surface area contributed by atoms with E-state index in [2.05, 4.69) is 19.9 Å². The van der Waals surface area contributed by atoms with Crippen molar-refractivity contribution in [3.05, 3.63) is 70.8 Å². The summed E-state index contributed by atoms with van der Waals surface area (Å²) in [5, 5.41) is 33.2. The molecule has 8 heteroatoms. The van der Waals surface area contributed by atoms with Crippen molar-refractivity contribution < 1.29 is 39.1 Å². The lowest BCUT2D eigenvalue weighted by molar-refractivity contribution is -0.177. The Morgan fingerprint density at radius 3 is 1.71 bits per heavy atom. The molecule has 0 spiro atoms. The first-order valence-electron chi connectivity index (χ1n) is 17.9. The third-order valence-electron chi connectivity index (χ3n) is 10.9. The van der Waals surface area contributed by atoms with Crippen molar-refractivity contribution in [2.75, 3.05) is 39.6 Å². The van der Waals surface area contributed by atoms with E-state index in [1.165, 1.54) is 0 Å². The summed E-state index contributed by atoms with van der Waals surface area (Å²) in [6.07, 6.45) is 1.12. The van der Waals surface area contributed by atoms with Crippen LogP contribution in [-0.2, 0) is 23.7 Å². The zero-order chi connectivity index (χ0) is 36.9. The molecule has 0 radical (unpaired) electrons. The van der Waals surface area contributed by atoms with Crippen LogP contribution < -0.4 is 0 Å². The molecular formula is C41H64O8. The first-order chi connectivity index (χ1) is 22.7. The lowest BCUT2D eigenvalue weighted by atomic mass is 9.59. The third-order valence-corrected chi connectivity index (χ3v) is 10.9. The lowest BCUT2D eigenvalue weighted by Gasteiger charge is -2.49. The summed E-state index contributed by atoms with van der Waals surface area (Å²) in [6, 6.07) is 16.2. The molecule has 8 nitrogen and oxygen atoms in total. The van der Waals surface area contributed by atoms with E-state index in [4.69, 9.17) is 18.9 Å². The number of benzene rings is 2. The summed E-state index contributed by atoms with van der Waals surface area (Å²) < 4.78 is 23.0. The maximum atomic E-state index is 12.0. The van der Waals surface area contributed by atoms with Gasteiger partial charge in [-0.3, -0.25) is 4.79 Å². The first kappa shape index (κ1) is 41.1. The topological polar surface area (TPSA) is 115 Å². The number of ether oxygens (including phenoxy) is 4. The fourth-order valence-corrected chi connectivity index (χ4v) is 7.90. The Morgan fingerprint density at radius 1 is 0.816 bits per heavy atom. The van der Waals surface area contributed by atoms with E-state index in [1.54, 1.807) is 0 Å². The molecule has 276 valence electrons. The molecule has 0 aromatic heterocycles. The second-order valence-corrected chi connectivity index (χ2v) is 16.8. The number of rotatable bonds is 13. The molecule has 2 aliphatic heterocycles. The Balaban J connectivity index is 0.000000284. The van der Waals surface area contributed by atoms with Crippen molar-refractivity contribution in [3.63, 3.8) is 0 Å². The molecule has 2 aromatic carbocycles. The monoisotopic (exact) mass is 684 g/mol. The standard InChI is InChI=1S/C24H38O5.C17H26O3/c1-7-28-20(25)13-8-9-14-27-16-22(3,4)24(26)21(29-17-23(24,5)6)19-12-10-11-18(2)15-19;1-12-7-6-8-13(9-12)14-17(19,15(2,3)10-18)16(4,5)11-20-14/h10-12,15,21,26H,7-9,13-14,16-17H2,1-6H3;6-9,14,18-19H,10-11H2,1-5H3. The molecule has 2 aliphatic rings. The highest BCUT2D eigenvalue weighted by Gasteiger charge is 2.64. The minimum absolute atomic E-state index is 0.0847. The lowest BCUT2D eigenvalue weighted by Crippen LogP contribution is -2.57. The Hall–Kier alpha value is -2.33. The molecule has 0 bridgehead atoms. The number of esters is 1. The number of hydrogen-bond acceptors (Lipinski definition) is 8. The van der Waals surface area contributed by atoms with E-state index in [9.17, 15) is 20.1 Å². The van der Waals surface area contributed by atoms with Gasteiger partial charge in [-0.1, -0.05) is 115 Å². The summed E-state index contributed by atoms with van der Waals surface area (Å²) in [5.74, 6) is -0.159. The van der Waals surface area contributed by atoms with Crippen LogP contribution in [0.3, 0.4) is 0 Å². The zero-order valence-electron chi connectivity index (χ0n) is 32.0. The predicted molar refractivity (Wildman–Crippen MR) is 193 cm³/mol. The summed E-state index contributed by atoms with van der Waals surface area (Å²) in [6.45, 7) is 24.2. The molecule has 2 heterocycles. The number of aliphatic hydroxyl groups is 3. The maximum absolute atomic E-state index is 12.0. The number of aliphatic hydroxyl groups excluding tert-OH is 1. The van der Waals surface area contributed by atoms with E-state index >= 15 is 0 Å². The largest absolute Gasteiger partial charge is 0.466 e. The van der Waals surface area contributed by atoms with Crippen LogP contribution >= 0.6 is 0 Å². The highest BCUT2D eigenvalue weighted by molar-refractivity contribution is 5.69. The van der Waals surface area contributed by atoms with Crippen molar-refractivity contribution in [1.29, 1.82) is 0 Å². The van der Waals surface area contributed by atoms with Crippen LogP contribution in [0, 0.1) is 35.5 Å². The van der Waals surface area contributed by atoms with Gasteiger partial charge >= 0.3 is 5.97 Å². The second-order valence-electron chi connectivity index (χ2n) is 16.8. The highest BCUT2D eigenvalue weighted by Crippen LogP contribution is 2.59. The number of unbranched alkanes of at least 4 members (excludes halogenated alkanes) is 1. The summed E-state index contributed by atoms with van der Waals surface area (Å²) in [7, 11) is 0. The third kappa shape index (κ3) is 8.43. The molecule has 2 fully saturated rings. The Bertz CT molecular complexity index is 1380. The van der Waals surface area contributed by atoms with Gasteiger partial charge in [0.1, 0.15) is 23.4 Å². The quantitative estimate of drug-likeness (QED) is 0.147. The van der Waals surface area contributed by atoms with Crippen LogP contribution in [0.1, 0.15) is 116 Å². The van der Waals surface area contributed by atoms with Gasteiger partial charge in [0.2, 0.25) is 0 Å². The molecule has 3 N–H and O–H groups in total. The number of carbonyl (C=O) groups excluding carboxylic acids is 1. The fourth-order valence-electron chi connectivity index (χ4n) is 7.90. The Morgan fingerprint density at radius 2 is 1.29 bits per heavy atom. The summed E-state index contributed by atoms with van der Waals surface area (Å²) in [5.41, 5.74) is 0.0332. The average molecular weight is 685 g/mol. The van der Waals surface area contributed by atoms with Gasteiger partial charge in [-0.05, 0) is 44.7 Å². The van der Waals surface area contributed by atoms with Crippen LogP contribution in [0.2, 0.25) is 0 Å². The van der Waals surface area contributed by atoms with Crippen molar-refractivity contribution in [2.24, 2.45) is 21.7 Å². The van der Waals surface area contributed by atoms with Crippen molar-refractivity contribution >= 4 is 5.97 Å². The van der Waals surface area contributed by atoms with Crippen LogP contribution in [0.15, 0.2) is 48.5 Å². The molecule has 2 aromatic rings.